The van der Waals surface area contributed by atoms with Crippen molar-refractivity contribution in [2.45, 2.75) is 13.0 Å². The number of hydrogen-bond donors (Lipinski definition) is 1. The van der Waals surface area contributed by atoms with Gasteiger partial charge in [0.2, 0.25) is 5.91 Å². The average Bonchev–Trinajstić information content (AvgIpc) is 2.52. The van der Waals surface area contributed by atoms with E-state index in [0.29, 0.717) is 12.0 Å². The summed E-state index contributed by atoms with van der Waals surface area (Å²) in [5.74, 6) is -1.53. The molecule has 2 aromatic carbocycles. The number of nitrogens with zero attached hydrogens (tertiary/aromatic N) is 1. The first-order valence-electron chi connectivity index (χ1n) is 6.65. The Morgan fingerprint density at radius 1 is 1.14 bits per heavy atom. The van der Waals surface area contributed by atoms with E-state index in [1.807, 2.05) is 36.4 Å². The van der Waals surface area contributed by atoms with Crippen LogP contribution in [0.3, 0.4) is 0 Å². The van der Waals surface area contributed by atoms with Crippen LogP contribution >= 0.6 is 0 Å². The molecule has 1 atom stereocenters. The molecule has 21 heavy (non-hydrogen) atoms. The van der Waals surface area contributed by atoms with Gasteiger partial charge in [0.05, 0.1) is 6.07 Å². The van der Waals surface area contributed by atoms with Gasteiger partial charge in [-0.05, 0) is 18.1 Å². The summed E-state index contributed by atoms with van der Waals surface area (Å²) in [6.45, 7) is 0.0818. The second-order valence-electron chi connectivity index (χ2n) is 4.68. The summed E-state index contributed by atoms with van der Waals surface area (Å²) >= 11 is 0. The molecule has 1 N–H and O–H groups in total. The van der Waals surface area contributed by atoms with Crippen molar-refractivity contribution in [2.75, 3.05) is 0 Å². The van der Waals surface area contributed by atoms with Crippen LogP contribution in [0, 0.1) is 23.1 Å². The maximum atomic E-state index is 13.5. The zero-order valence-corrected chi connectivity index (χ0v) is 11.4. The lowest BCUT2D eigenvalue weighted by Crippen LogP contribution is -2.31. The highest BCUT2D eigenvalue weighted by Gasteiger charge is 2.18. The predicted octanol–water partition coefficient (Wildman–Crippen LogP) is 2.82. The van der Waals surface area contributed by atoms with E-state index in [2.05, 4.69) is 5.32 Å². The number of rotatable bonds is 5. The lowest BCUT2D eigenvalue weighted by molar-refractivity contribution is -0.123. The van der Waals surface area contributed by atoms with Crippen molar-refractivity contribution in [2.24, 2.45) is 5.92 Å². The zero-order chi connectivity index (χ0) is 15.1. The Morgan fingerprint density at radius 3 is 2.48 bits per heavy atom. The Kier molecular flexibility index (Phi) is 5.05. The molecule has 1 unspecified atom stereocenters. The Hall–Kier alpha value is -2.67. The Labute approximate surface area is 123 Å². The van der Waals surface area contributed by atoms with Gasteiger partial charge in [0.25, 0.3) is 0 Å². The summed E-state index contributed by atoms with van der Waals surface area (Å²) in [6.07, 6.45) is 0.348. The molecule has 3 nitrogen and oxygen atoms in total. The van der Waals surface area contributed by atoms with Crippen LogP contribution in [0.2, 0.25) is 0 Å². The summed E-state index contributed by atoms with van der Waals surface area (Å²) in [6, 6.07) is 17.6. The highest BCUT2D eigenvalue weighted by atomic mass is 19.1. The van der Waals surface area contributed by atoms with E-state index < -0.39 is 5.92 Å². The van der Waals surface area contributed by atoms with Crippen molar-refractivity contribution >= 4 is 5.91 Å². The maximum Gasteiger partial charge on any atom is 0.237 e. The van der Waals surface area contributed by atoms with Crippen LogP contribution in [0.15, 0.2) is 54.6 Å². The van der Waals surface area contributed by atoms with E-state index in [1.54, 1.807) is 18.2 Å². The van der Waals surface area contributed by atoms with Gasteiger partial charge in [0.15, 0.2) is 0 Å². The van der Waals surface area contributed by atoms with Gasteiger partial charge >= 0.3 is 0 Å². The van der Waals surface area contributed by atoms with Gasteiger partial charge in [-0.3, -0.25) is 4.79 Å². The fourth-order valence-electron chi connectivity index (χ4n) is 1.99. The topological polar surface area (TPSA) is 52.9 Å². The van der Waals surface area contributed by atoms with Gasteiger partial charge in [0.1, 0.15) is 11.7 Å². The second kappa shape index (κ2) is 7.20. The summed E-state index contributed by atoms with van der Waals surface area (Å²) in [5, 5.41) is 11.7. The molecular formula is C17H15FN2O. The molecule has 0 bridgehead atoms. The average molecular weight is 282 g/mol. The van der Waals surface area contributed by atoms with Gasteiger partial charge in [0, 0.05) is 12.1 Å². The SMILES string of the molecule is N#CC(Cc1ccccc1)C(=O)NCc1ccccc1F. The van der Waals surface area contributed by atoms with E-state index in [0.717, 1.165) is 5.56 Å². The number of benzene rings is 2. The molecule has 2 aromatic rings. The van der Waals surface area contributed by atoms with Gasteiger partial charge in [-0.1, -0.05) is 48.5 Å². The van der Waals surface area contributed by atoms with E-state index in [9.17, 15) is 9.18 Å². The third-order valence-electron chi connectivity index (χ3n) is 3.17. The van der Waals surface area contributed by atoms with Crippen molar-refractivity contribution in [3.05, 3.63) is 71.5 Å². The number of halogens is 1. The maximum absolute atomic E-state index is 13.5. The summed E-state index contributed by atoms with van der Waals surface area (Å²) < 4.78 is 13.5. The standard InChI is InChI=1S/C17H15FN2O/c18-16-9-5-4-8-14(16)12-20-17(21)15(11-19)10-13-6-2-1-3-7-13/h1-9,15H,10,12H2,(H,20,21). The molecule has 1 amide bonds. The van der Waals surface area contributed by atoms with Crippen molar-refractivity contribution in [1.82, 2.24) is 5.32 Å². The molecule has 0 heterocycles. The van der Waals surface area contributed by atoms with Crippen LogP contribution in [0.5, 0.6) is 0 Å². The predicted molar refractivity (Wildman–Crippen MR) is 77.5 cm³/mol. The molecule has 0 spiro atoms. The van der Waals surface area contributed by atoms with Crippen molar-refractivity contribution in [1.29, 1.82) is 5.26 Å². The third-order valence-corrected chi connectivity index (χ3v) is 3.17. The first-order chi connectivity index (χ1) is 10.2. The number of hydrogen-bond acceptors (Lipinski definition) is 2. The largest absolute Gasteiger partial charge is 0.351 e. The summed E-state index contributed by atoms with van der Waals surface area (Å²) in [5.41, 5.74) is 1.33. The molecule has 0 aliphatic heterocycles. The van der Waals surface area contributed by atoms with Crippen LogP contribution in [0.4, 0.5) is 4.39 Å². The molecule has 0 fully saturated rings. The Morgan fingerprint density at radius 2 is 1.81 bits per heavy atom. The fourth-order valence-corrected chi connectivity index (χ4v) is 1.99. The summed E-state index contributed by atoms with van der Waals surface area (Å²) in [4.78, 5) is 12.0. The fraction of sp³-hybridized carbons (Fsp3) is 0.176. The van der Waals surface area contributed by atoms with Gasteiger partial charge in [-0.2, -0.15) is 5.26 Å². The van der Waals surface area contributed by atoms with Crippen LogP contribution in [-0.4, -0.2) is 5.91 Å². The second-order valence-corrected chi connectivity index (χ2v) is 4.68. The quantitative estimate of drug-likeness (QED) is 0.916. The van der Waals surface area contributed by atoms with E-state index in [1.165, 1.54) is 6.07 Å². The van der Waals surface area contributed by atoms with Crippen LogP contribution in [0.1, 0.15) is 11.1 Å². The highest BCUT2D eigenvalue weighted by molar-refractivity contribution is 5.81. The normalized spacial score (nSPS) is 11.4. The van der Waals surface area contributed by atoms with E-state index >= 15 is 0 Å². The minimum atomic E-state index is -0.779. The number of nitriles is 1. The molecule has 0 aromatic heterocycles. The van der Waals surface area contributed by atoms with E-state index in [4.69, 9.17) is 5.26 Å². The highest BCUT2D eigenvalue weighted by Crippen LogP contribution is 2.10. The third kappa shape index (κ3) is 4.15. The smallest absolute Gasteiger partial charge is 0.237 e. The lowest BCUT2D eigenvalue weighted by Gasteiger charge is -2.11. The molecule has 4 heteroatoms. The van der Waals surface area contributed by atoms with E-state index in [-0.39, 0.29) is 18.3 Å². The van der Waals surface area contributed by atoms with Crippen LogP contribution in [0.25, 0.3) is 0 Å². The molecule has 0 aliphatic carbocycles. The van der Waals surface area contributed by atoms with Gasteiger partial charge < -0.3 is 5.32 Å². The minimum absolute atomic E-state index is 0.0818. The Bertz CT molecular complexity index is 649. The molecule has 2 rings (SSSR count). The summed E-state index contributed by atoms with van der Waals surface area (Å²) in [7, 11) is 0. The molecule has 106 valence electrons. The van der Waals surface area contributed by atoms with Crippen molar-refractivity contribution < 1.29 is 9.18 Å². The molecule has 0 saturated carbocycles. The van der Waals surface area contributed by atoms with Crippen LogP contribution in [-0.2, 0) is 17.8 Å². The number of amides is 1. The lowest BCUT2D eigenvalue weighted by atomic mass is 10.00. The number of carbonyl (C=O) groups is 1. The van der Waals surface area contributed by atoms with Gasteiger partial charge in [-0.25, -0.2) is 4.39 Å². The molecule has 0 aliphatic rings. The first-order valence-corrected chi connectivity index (χ1v) is 6.65. The molecule has 0 saturated heterocycles. The minimum Gasteiger partial charge on any atom is -0.351 e. The van der Waals surface area contributed by atoms with Crippen molar-refractivity contribution in [3.8, 4) is 6.07 Å². The Balaban J connectivity index is 1.95. The number of carbonyl (C=O) groups excluding carboxylic acids is 1. The first kappa shape index (κ1) is 14.7. The molecular weight excluding hydrogens is 267 g/mol. The number of nitrogens with one attached hydrogen (secondary N) is 1. The molecule has 0 radical (unpaired) electrons. The van der Waals surface area contributed by atoms with Gasteiger partial charge in [-0.15, -0.1) is 0 Å². The monoisotopic (exact) mass is 282 g/mol. The van der Waals surface area contributed by atoms with Crippen LogP contribution < -0.4 is 5.32 Å². The van der Waals surface area contributed by atoms with Crippen molar-refractivity contribution in [3.63, 3.8) is 0 Å². The zero-order valence-electron chi connectivity index (χ0n) is 11.4.